The van der Waals surface area contributed by atoms with Gasteiger partial charge in [0.2, 0.25) is 5.75 Å². The molecule has 2 N–H and O–H groups in total. The number of nitrogens with zero attached hydrogens (tertiary/aromatic N) is 1. The van der Waals surface area contributed by atoms with Gasteiger partial charge in [-0.15, -0.1) is 0 Å². The van der Waals surface area contributed by atoms with Crippen molar-refractivity contribution < 1.29 is 19.0 Å². The van der Waals surface area contributed by atoms with Gasteiger partial charge in [-0.25, -0.2) is 0 Å². The third-order valence-electron chi connectivity index (χ3n) is 4.77. The molecule has 3 rings (SSSR count). The lowest BCUT2D eigenvalue weighted by atomic mass is 10.1. The Bertz CT molecular complexity index is 968. The van der Waals surface area contributed by atoms with Crippen molar-refractivity contribution in [3.63, 3.8) is 0 Å². The van der Waals surface area contributed by atoms with Gasteiger partial charge in [-0.2, -0.15) is 0 Å². The zero-order valence-electron chi connectivity index (χ0n) is 16.5. The maximum atomic E-state index is 11.9. The molecule has 0 bridgehead atoms. The molecule has 2 aromatic carbocycles. The molecule has 6 nitrogen and oxygen atoms in total. The van der Waals surface area contributed by atoms with Crippen molar-refractivity contribution >= 4 is 5.91 Å². The van der Waals surface area contributed by atoms with Gasteiger partial charge in [-0.3, -0.25) is 4.79 Å². The number of ether oxygens (including phenoxy) is 3. The molecule has 28 heavy (non-hydrogen) atoms. The zero-order chi connectivity index (χ0) is 20.3. The number of hydrogen-bond acceptors (Lipinski definition) is 4. The standard InChI is InChI=1S/C22H24N2O4/c1-14-17(22(23)25)12-18(16-8-6-5-7-9-16)24(14)13-15-10-19(26-2)21(28-4)20(11-15)27-3/h5-12H,13H2,1-4H3,(H2,23,25). The predicted octanol–water partition coefficient (Wildman–Crippen LogP) is 3.64. The Hall–Kier alpha value is -3.41. The molecule has 146 valence electrons. The summed E-state index contributed by atoms with van der Waals surface area (Å²) < 4.78 is 18.4. The summed E-state index contributed by atoms with van der Waals surface area (Å²) in [4.78, 5) is 11.9. The molecule has 0 aliphatic rings. The minimum atomic E-state index is -0.446. The van der Waals surface area contributed by atoms with E-state index in [0.717, 1.165) is 22.5 Å². The van der Waals surface area contributed by atoms with Crippen LogP contribution < -0.4 is 19.9 Å². The summed E-state index contributed by atoms with van der Waals surface area (Å²) >= 11 is 0. The molecule has 6 heteroatoms. The smallest absolute Gasteiger partial charge is 0.250 e. The van der Waals surface area contributed by atoms with Crippen LogP contribution in [0, 0.1) is 6.92 Å². The summed E-state index contributed by atoms with van der Waals surface area (Å²) in [5, 5.41) is 0. The molecule has 0 radical (unpaired) electrons. The molecule has 0 spiro atoms. The highest BCUT2D eigenvalue weighted by molar-refractivity contribution is 5.95. The molecular formula is C22H24N2O4. The van der Waals surface area contributed by atoms with Crippen molar-refractivity contribution in [3.8, 4) is 28.5 Å². The van der Waals surface area contributed by atoms with Gasteiger partial charge in [0.25, 0.3) is 5.91 Å². The minimum Gasteiger partial charge on any atom is -0.493 e. The Kier molecular flexibility index (Phi) is 5.59. The summed E-state index contributed by atoms with van der Waals surface area (Å²) in [7, 11) is 4.74. The SMILES string of the molecule is COc1cc(Cn2c(-c3ccccc3)cc(C(N)=O)c2C)cc(OC)c1OC. The van der Waals surface area contributed by atoms with Gasteiger partial charge in [0.05, 0.1) is 26.9 Å². The molecule has 1 amide bonds. The van der Waals surface area contributed by atoms with Gasteiger partial charge in [-0.1, -0.05) is 30.3 Å². The molecule has 1 heterocycles. The van der Waals surface area contributed by atoms with Crippen molar-refractivity contribution in [2.45, 2.75) is 13.5 Å². The van der Waals surface area contributed by atoms with Crippen molar-refractivity contribution in [1.82, 2.24) is 4.57 Å². The molecule has 0 atom stereocenters. The quantitative estimate of drug-likeness (QED) is 0.679. The van der Waals surface area contributed by atoms with E-state index in [4.69, 9.17) is 19.9 Å². The van der Waals surface area contributed by atoms with E-state index in [2.05, 4.69) is 4.57 Å². The Morgan fingerprint density at radius 3 is 2.07 bits per heavy atom. The number of carbonyl (C=O) groups excluding carboxylic acids is 1. The van der Waals surface area contributed by atoms with Gasteiger partial charge < -0.3 is 24.5 Å². The molecule has 1 aromatic heterocycles. The lowest BCUT2D eigenvalue weighted by Crippen LogP contribution is -2.13. The van der Waals surface area contributed by atoms with Crippen molar-refractivity contribution in [2.24, 2.45) is 5.73 Å². The highest BCUT2D eigenvalue weighted by atomic mass is 16.5. The van der Waals surface area contributed by atoms with E-state index in [1.165, 1.54) is 0 Å². The fourth-order valence-electron chi connectivity index (χ4n) is 3.36. The fraction of sp³-hybridized carbons (Fsp3) is 0.227. The van der Waals surface area contributed by atoms with Crippen molar-refractivity contribution in [2.75, 3.05) is 21.3 Å². The van der Waals surface area contributed by atoms with Crippen LogP contribution in [0.15, 0.2) is 48.5 Å². The second kappa shape index (κ2) is 8.08. The van der Waals surface area contributed by atoms with Crippen molar-refractivity contribution in [3.05, 3.63) is 65.4 Å². The monoisotopic (exact) mass is 380 g/mol. The lowest BCUT2D eigenvalue weighted by Gasteiger charge is -2.16. The first kappa shape index (κ1) is 19.4. The summed E-state index contributed by atoms with van der Waals surface area (Å²) in [6.07, 6.45) is 0. The molecule has 0 saturated heterocycles. The van der Waals surface area contributed by atoms with Gasteiger partial charge in [0.15, 0.2) is 11.5 Å². The van der Waals surface area contributed by atoms with Crippen LogP contribution in [0.2, 0.25) is 0 Å². The zero-order valence-corrected chi connectivity index (χ0v) is 16.5. The number of nitrogens with two attached hydrogens (primary N) is 1. The van der Waals surface area contributed by atoms with Gasteiger partial charge in [-0.05, 0) is 36.2 Å². The molecule has 3 aromatic rings. The maximum absolute atomic E-state index is 11.9. The minimum absolute atomic E-state index is 0.446. The third kappa shape index (κ3) is 3.53. The number of carbonyl (C=O) groups is 1. The highest BCUT2D eigenvalue weighted by Gasteiger charge is 2.19. The number of primary amides is 1. The van der Waals surface area contributed by atoms with Gasteiger partial charge in [0.1, 0.15) is 0 Å². The summed E-state index contributed by atoms with van der Waals surface area (Å²) in [5.41, 5.74) is 9.77. The first-order chi connectivity index (χ1) is 13.5. The first-order valence-electron chi connectivity index (χ1n) is 8.84. The number of methoxy groups -OCH3 is 3. The molecule has 0 saturated carbocycles. The van der Waals surface area contributed by atoms with Crippen LogP contribution in [0.1, 0.15) is 21.6 Å². The summed E-state index contributed by atoms with van der Waals surface area (Å²) in [6, 6.07) is 15.5. The molecule has 0 fully saturated rings. The molecule has 0 aliphatic heterocycles. The average molecular weight is 380 g/mol. The Balaban J connectivity index is 2.13. The number of rotatable bonds is 7. The van der Waals surface area contributed by atoms with Crippen LogP contribution in [-0.2, 0) is 6.54 Å². The Labute approximate surface area is 164 Å². The Morgan fingerprint density at radius 1 is 0.964 bits per heavy atom. The topological polar surface area (TPSA) is 75.7 Å². The summed E-state index contributed by atoms with van der Waals surface area (Å²) in [5.74, 6) is 1.26. The van der Waals surface area contributed by atoms with E-state index >= 15 is 0 Å². The van der Waals surface area contributed by atoms with Crippen LogP contribution in [-0.4, -0.2) is 31.8 Å². The highest BCUT2D eigenvalue weighted by Crippen LogP contribution is 2.39. The van der Waals surface area contributed by atoms with Gasteiger partial charge >= 0.3 is 0 Å². The van der Waals surface area contributed by atoms with E-state index in [0.29, 0.717) is 29.4 Å². The summed E-state index contributed by atoms with van der Waals surface area (Å²) in [6.45, 7) is 2.41. The number of benzene rings is 2. The number of aromatic nitrogens is 1. The van der Waals surface area contributed by atoms with E-state index in [1.807, 2.05) is 55.5 Å². The average Bonchev–Trinajstić information content (AvgIpc) is 3.04. The molecule has 0 aliphatic carbocycles. The number of hydrogen-bond donors (Lipinski definition) is 1. The van der Waals surface area contributed by atoms with Crippen LogP contribution in [0.3, 0.4) is 0 Å². The molecular weight excluding hydrogens is 356 g/mol. The third-order valence-corrected chi connectivity index (χ3v) is 4.77. The predicted molar refractivity (Wildman–Crippen MR) is 108 cm³/mol. The molecule has 0 unspecified atom stereocenters. The van der Waals surface area contributed by atoms with Gasteiger partial charge in [0, 0.05) is 17.9 Å². The van der Waals surface area contributed by atoms with Crippen LogP contribution in [0.25, 0.3) is 11.3 Å². The van der Waals surface area contributed by atoms with Crippen molar-refractivity contribution in [1.29, 1.82) is 0 Å². The fourth-order valence-corrected chi connectivity index (χ4v) is 3.36. The maximum Gasteiger partial charge on any atom is 0.250 e. The van der Waals surface area contributed by atoms with Crippen LogP contribution >= 0.6 is 0 Å². The van der Waals surface area contributed by atoms with E-state index < -0.39 is 5.91 Å². The number of amides is 1. The first-order valence-corrected chi connectivity index (χ1v) is 8.84. The normalized spacial score (nSPS) is 10.6. The largest absolute Gasteiger partial charge is 0.493 e. The lowest BCUT2D eigenvalue weighted by molar-refractivity contribution is 0.0999. The second-order valence-corrected chi connectivity index (χ2v) is 6.38. The van der Waals surface area contributed by atoms with E-state index in [9.17, 15) is 4.79 Å². The second-order valence-electron chi connectivity index (χ2n) is 6.38. The van der Waals surface area contributed by atoms with E-state index in [1.54, 1.807) is 21.3 Å². The van der Waals surface area contributed by atoms with Crippen LogP contribution in [0.5, 0.6) is 17.2 Å². The van der Waals surface area contributed by atoms with E-state index in [-0.39, 0.29) is 0 Å². The Morgan fingerprint density at radius 2 is 1.57 bits per heavy atom. The van der Waals surface area contributed by atoms with Crippen LogP contribution in [0.4, 0.5) is 0 Å².